The minimum atomic E-state index is -3.34. The maximum Gasteiger partial charge on any atom is 0.319 e. The number of amides is 2. The summed E-state index contributed by atoms with van der Waals surface area (Å²) in [5.41, 5.74) is 4.55. The zero-order valence-electron chi connectivity index (χ0n) is 19.0. The van der Waals surface area contributed by atoms with Gasteiger partial charge in [0.2, 0.25) is 10.0 Å². The Hall–Kier alpha value is -2.54. The number of carbonyl (C=O) groups excluding carboxylic acids is 1. The average molecular weight is 444 g/mol. The third-order valence-corrected chi connectivity index (χ3v) is 6.63. The van der Waals surface area contributed by atoms with Crippen molar-refractivity contribution >= 4 is 27.4 Å². The second-order valence-electron chi connectivity index (χ2n) is 9.67. The van der Waals surface area contributed by atoms with E-state index in [0.29, 0.717) is 17.9 Å². The Morgan fingerprint density at radius 2 is 1.71 bits per heavy atom. The van der Waals surface area contributed by atoms with Crippen molar-refractivity contribution in [2.24, 2.45) is 0 Å². The minimum Gasteiger partial charge on any atom is -0.337 e. The summed E-state index contributed by atoms with van der Waals surface area (Å²) in [5, 5.41) is 5.87. The lowest BCUT2D eigenvalue weighted by molar-refractivity contribution is 0.222. The number of urea groups is 1. The van der Waals surface area contributed by atoms with Gasteiger partial charge in [-0.05, 0) is 60.1 Å². The number of hydrogen-bond donors (Lipinski definition) is 3. The number of sulfonamides is 1. The molecule has 2 amide bonds. The van der Waals surface area contributed by atoms with Crippen LogP contribution in [0.1, 0.15) is 56.7 Å². The summed E-state index contributed by atoms with van der Waals surface area (Å²) in [6, 6.07) is 13.6. The normalized spacial score (nSPS) is 15.6. The van der Waals surface area contributed by atoms with E-state index in [9.17, 15) is 13.2 Å². The summed E-state index contributed by atoms with van der Waals surface area (Å²) < 4.78 is 25.3. The van der Waals surface area contributed by atoms with Crippen LogP contribution in [-0.4, -0.2) is 27.2 Å². The molecule has 0 heterocycles. The lowest BCUT2D eigenvalue weighted by atomic mass is 9.64. The van der Waals surface area contributed by atoms with Crippen LogP contribution in [0.2, 0.25) is 0 Å². The summed E-state index contributed by atoms with van der Waals surface area (Å²) in [5.74, 6) is 0. The van der Waals surface area contributed by atoms with Crippen molar-refractivity contribution in [2.75, 3.05) is 22.8 Å². The van der Waals surface area contributed by atoms with Crippen LogP contribution >= 0.6 is 0 Å². The van der Waals surface area contributed by atoms with Crippen molar-refractivity contribution in [3.05, 3.63) is 59.2 Å². The zero-order chi connectivity index (χ0) is 22.9. The number of rotatable bonds is 6. The quantitative estimate of drug-likeness (QED) is 0.593. The number of hydrogen-bond acceptors (Lipinski definition) is 3. The van der Waals surface area contributed by atoms with Crippen molar-refractivity contribution in [2.45, 2.75) is 57.8 Å². The molecule has 7 heteroatoms. The van der Waals surface area contributed by atoms with E-state index in [1.165, 1.54) is 11.1 Å². The molecule has 1 aliphatic carbocycles. The lowest BCUT2D eigenvalue weighted by Crippen LogP contribution is -2.46. The number of nitrogens with one attached hydrogen (secondary N) is 3. The van der Waals surface area contributed by atoms with Crippen molar-refractivity contribution < 1.29 is 13.2 Å². The Morgan fingerprint density at radius 3 is 2.19 bits per heavy atom. The minimum absolute atomic E-state index is 0.00701. The summed E-state index contributed by atoms with van der Waals surface area (Å²) in [4.78, 5) is 12.5. The Morgan fingerprint density at radius 1 is 1.06 bits per heavy atom. The summed E-state index contributed by atoms with van der Waals surface area (Å²) in [6.07, 6.45) is 4.40. The molecule has 2 aromatic carbocycles. The number of anilines is 2. The first-order chi connectivity index (χ1) is 14.4. The van der Waals surface area contributed by atoms with Gasteiger partial charge in [-0.1, -0.05) is 51.5 Å². The summed E-state index contributed by atoms with van der Waals surface area (Å²) in [6.45, 7) is 9.00. The monoisotopic (exact) mass is 443 g/mol. The first-order valence-electron chi connectivity index (χ1n) is 10.6. The van der Waals surface area contributed by atoms with Gasteiger partial charge in [-0.25, -0.2) is 13.2 Å². The molecule has 0 atom stereocenters. The number of aryl methyl sites for hydroxylation is 1. The summed E-state index contributed by atoms with van der Waals surface area (Å²) >= 11 is 0. The van der Waals surface area contributed by atoms with E-state index in [1.807, 2.05) is 0 Å². The van der Waals surface area contributed by atoms with Crippen LogP contribution in [0, 0.1) is 6.92 Å². The summed E-state index contributed by atoms with van der Waals surface area (Å²) in [7, 11) is -3.34. The van der Waals surface area contributed by atoms with Gasteiger partial charge in [0.15, 0.2) is 0 Å². The van der Waals surface area contributed by atoms with Crippen LogP contribution in [0.3, 0.4) is 0 Å². The van der Waals surface area contributed by atoms with Crippen LogP contribution in [0.15, 0.2) is 42.5 Å². The molecule has 0 aromatic heterocycles. The third-order valence-electron chi connectivity index (χ3n) is 6.04. The molecule has 3 N–H and O–H groups in total. The van der Waals surface area contributed by atoms with E-state index >= 15 is 0 Å². The van der Waals surface area contributed by atoms with Gasteiger partial charge in [0.25, 0.3) is 0 Å². The van der Waals surface area contributed by atoms with E-state index in [0.717, 1.165) is 31.1 Å². The molecule has 1 aliphatic rings. The Kier molecular flexibility index (Phi) is 6.37. The highest BCUT2D eigenvalue weighted by Crippen LogP contribution is 2.43. The molecule has 0 bridgehead atoms. The predicted molar refractivity (Wildman–Crippen MR) is 127 cm³/mol. The number of benzene rings is 2. The van der Waals surface area contributed by atoms with Crippen molar-refractivity contribution in [3.8, 4) is 0 Å². The van der Waals surface area contributed by atoms with E-state index in [1.54, 1.807) is 25.1 Å². The fourth-order valence-electron chi connectivity index (χ4n) is 3.98. The molecule has 3 rings (SSSR count). The Labute approximate surface area is 185 Å². The van der Waals surface area contributed by atoms with Gasteiger partial charge in [0.05, 0.1) is 11.9 Å². The highest BCUT2D eigenvalue weighted by Gasteiger charge is 2.39. The maximum atomic E-state index is 12.5. The molecule has 168 valence electrons. The Balaban J connectivity index is 1.62. The van der Waals surface area contributed by atoms with E-state index in [2.05, 4.69) is 60.4 Å². The van der Waals surface area contributed by atoms with Gasteiger partial charge < -0.3 is 10.6 Å². The fraction of sp³-hybridized carbons (Fsp3) is 0.458. The van der Waals surface area contributed by atoms with Crippen LogP contribution in [0.25, 0.3) is 0 Å². The Bertz CT molecular complexity index is 1050. The van der Waals surface area contributed by atoms with Gasteiger partial charge in [0, 0.05) is 17.6 Å². The van der Waals surface area contributed by atoms with E-state index in [4.69, 9.17) is 0 Å². The first kappa shape index (κ1) is 23.1. The van der Waals surface area contributed by atoms with Gasteiger partial charge in [-0.15, -0.1) is 0 Å². The van der Waals surface area contributed by atoms with Crippen LogP contribution in [0.5, 0.6) is 0 Å². The molecule has 0 spiro atoms. The molecule has 0 aliphatic heterocycles. The molecule has 6 nitrogen and oxygen atoms in total. The molecule has 31 heavy (non-hydrogen) atoms. The van der Waals surface area contributed by atoms with Crippen LogP contribution in [0.4, 0.5) is 16.2 Å². The average Bonchev–Trinajstić information content (AvgIpc) is 2.62. The first-order valence-corrected chi connectivity index (χ1v) is 12.5. The van der Waals surface area contributed by atoms with Crippen molar-refractivity contribution in [1.82, 2.24) is 5.32 Å². The SMILES string of the molecule is Cc1cc(NC(=O)NCC2(c3ccc(C(C)(C)C)cc3)CCC2)ccc1NS(C)(=O)=O. The second-order valence-corrected chi connectivity index (χ2v) is 11.4. The zero-order valence-corrected chi connectivity index (χ0v) is 19.8. The topological polar surface area (TPSA) is 87.3 Å². The highest BCUT2D eigenvalue weighted by molar-refractivity contribution is 7.92. The molecule has 1 fully saturated rings. The third kappa shape index (κ3) is 5.79. The van der Waals surface area contributed by atoms with E-state index in [-0.39, 0.29) is 16.9 Å². The molecule has 1 saturated carbocycles. The predicted octanol–water partition coefficient (Wildman–Crippen LogP) is 4.91. The van der Waals surface area contributed by atoms with E-state index < -0.39 is 10.0 Å². The van der Waals surface area contributed by atoms with Gasteiger partial charge in [-0.3, -0.25) is 4.72 Å². The van der Waals surface area contributed by atoms with Crippen LogP contribution < -0.4 is 15.4 Å². The molecular weight excluding hydrogens is 410 g/mol. The molecule has 0 unspecified atom stereocenters. The van der Waals surface area contributed by atoms with Gasteiger partial charge in [-0.2, -0.15) is 0 Å². The van der Waals surface area contributed by atoms with Crippen molar-refractivity contribution in [3.63, 3.8) is 0 Å². The maximum absolute atomic E-state index is 12.5. The molecule has 0 radical (unpaired) electrons. The highest BCUT2D eigenvalue weighted by atomic mass is 32.2. The second kappa shape index (κ2) is 8.54. The standard InChI is InChI=1S/C24H33N3O3S/c1-17-15-20(11-12-21(17)27-31(5,29)30)26-22(28)25-16-24(13-6-14-24)19-9-7-18(8-10-19)23(2,3)4/h7-12,15,27H,6,13-14,16H2,1-5H3,(H2,25,26,28). The van der Waals surface area contributed by atoms with Gasteiger partial charge in [0.1, 0.15) is 0 Å². The molecular formula is C24H33N3O3S. The molecule has 0 saturated heterocycles. The largest absolute Gasteiger partial charge is 0.337 e. The van der Waals surface area contributed by atoms with Gasteiger partial charge >= 0.3 is 6.03 Å². The lowest BCUT2D eigenvalue weighted by Gasteiger charge is -2.43. The smallest absolute Gasteiger partial charge is 0.319 e. The fourth-order valence-corrected chi connectivity index (χ4v) is 4.60. The van der Waals surface area contributed by atoms with Crippen LogP contribution in [-0.2, 0) is 20.9 Å². The molecule has 2 aromatic rings. The number of carbonyl (C=O) groups is 1. The van der Waals surface area contributed by atoms with Crippen molar-refractivity contribution in [1.29, 1.82) is 0 Å².